The summed E-state index contributed by atoms with van der Waals surface area (Å²) in [6.07, 6.45) is 0.716. The third kappa shape index (κ3) is 3.18. The number of hydrogen-bond acceptors (Lipinski definition) is 3. The van der Waals surface area contributed by atoms with Crippen LogP contribution in [0, 0.1) is 5.41 Å². The molecule has 19 heavy (non-hydrogen) atoms. The Bertz CT molecular complexity index is 492. The first-order valence-corrected chi connectivity index (χ1v) is 7.78. The number of rotatable bonds is 3. The Labute approximate surface area is 123 Å². The lowest BCUT2D eigenvalue weighted by molar-refractivity contribution is -0.122. The van der Waals surface area contributed by atoms with Gasteiger partial charge in [-0.05, 0) is 29.7 Å². The van der Waals surface area contributed by atoms with Gasteiger partial charge in [0, 0.05) is 5.75 Å². The van der Waals surface area contributed by atoms with E-state index in [-0.39, 0.29) is 11.3 Å². The Morgan fingerprint density at radius 1 is 1.37 bits per heavy atom. The van der Waals surface area contributed by atoms with E-state index >= 15 is 0 Å². The van der Waals surface area contributed by atoms with E-state index in [9.17, 15) is 4.79 Å². The normalized spacial score (nSPS) is 25.8. The fourth-order valence-corrected chi connectivity index (χ4v) is 4.15. The van der Waals surface area contributed by atoms with Crippen molar-refractivity contribution >= 4 is 35.0 Å². The zero-order chi connectivity index (χ0) is 14.1. The molecule has 0 aromatic heterocycles. The van der Waals surface area contributed by atoms with Crippen molar-refractivity contribution in [3.63, 3.8) is 0 Å². The number of hydrogen-bond donors (Lipinski definition) is 2. The summed E-state index contributed by atoms with van der Waals surface area (Å²) in [5.74, 6) is 1.40. The number of benzene rings is 1. The summed E-state index contributed by atoms with van der Waals surface area (Å²) in [5.41, 5.74) is 5.78. The van der Waals surface area contributed by atoms with Crippen LogP contribution in [-0.4, -0.2) is 23.0 Å². The van der Waals surface area contributed by atoms with E-state index in [1.165, 1.54) is 0 Å². The van der Waals surface area contributed by atoms with Gasteiger partial charge in [-0.2, -0.15) is 11.8 Å². The first-order chi connectivity index (χ1) is 8.85. The Hall–Kier alpha value is -0.870. The highest BCUT2D eigenvalue weighted by atomic mass is 35.5. The number of nitrogens with one attached hydrogen (secondary N) is 1. The lowest BCUT2D eigenvalue weighted by atomic mass is 9.79. The Balaban J connectivity index is 2.31. The SMILES string of the molecule is CC1(C)CSCC(Nc2ccccc2Cl)(C(N)=O)C1. The molecule has 3 N–H and O–H groups in total. The number of amides is 1. The van der Waals surface area contributed by atoms with Gasteiger partial charge in [0.2, 0.25) is 5.91 Å². The van der Waals surface area contributed by atoms with E-state index in [0.717, 1.165) is 11.4 Å². The predicted octanol–water partition coefficient (Wildman–Crippen LogP) is 3.14. The zero-order valence-electron chi connectivity index (χ0n) is 11.2. The van der Waals surface area contributed by atoms with E-state index in [1.54, 1.807) is 17.8 Å². The van der Waals surface area contributed by atoms with E-state index in [1.807, 2.05) is 18.2 Å². The number of carbonyl (C=O) groups excluding carboxylic acids is 1. The molecule has 1 aliphatic rings. The molecule has 1 aromatic carbocycles. The van der Waals surface area contributed by atoms with Gasteiger partial charge in [0.15, 0.2) is 0 Å². The third-order valence-corrected chi connectivity index (χ3v) is 5.35. The molecule has 0 saturated carbocycles. The quantitative estimate of drug-likeness (QED) is 0.901. The molecular weight excluding hydrogens is 280 g/mol. The average molecular weight is 299 g/mol. The summed E-state index contributed by atoms with van der Waals surface area (Å²) >= 11 is 7.92. The van der Waals surface area contributed by atoms with Crippen molar-refractivity contribution in [2.45, 2.75) is 25.8 Å². The van der Waals surface area contributed by atoms with Gasteiger partial charge in [-0.25, -0.2) is 0 Å². The van der Waals surface area contributed by atoms with Gasteiger partial charge in [-0.15, -0.1) is 0 Å². The molecule has 1 fully saturated rings. The first-order valence-electron chi connectivity index (χ1n) is 6.25. The van der Waals surface area contributed by atoms with Gasteiger partial charge < -0.3 is 11.1 Å². The monoisotopic (exact) mass is 298 g/mol. The molecule has 1 aliphatic heterocycles. The number of anilines is 1. The molecule has 1 atom stereocenters. The van der Waals surface area contributed by atoms with E-state index in [4.69, 9.17) is 17.3 Å². The molecular formula is C14H19ClN2OS. The highest BCUT2D eigenvalue weighted by Crippen LogP contribution is 2.41. The summed E-state index contributed by atoms with van der Waals surface area (Å²) in [5, 5.41) is 3.90. The maximum atomic E-state index is 12.0. The van der Waals surface area contributed by atoms with Crippen molar-refractivity contribution in [3.05, 3.63) is 29.3 Å². The zero-order valence-corrected chi connectivity index (χ0v) is 12.8. The van der Waals surface area contributed by atoms with Crippen molar-refractivity contribution < 1.29 is 4.79 Å². The highest BCUT2D eigenvalue weighted by Gasteiger charge is 2.45. The lowest BCUT2D eigenvalue weighted by Gasteiger charge is -2.43. The molecule has 1 aromatic rings. The van der Waals surface area contributed by atoms with Gasteiger partial charge in [-0.1, -0.05) is 37.6 Å². The van der Waals surface area contributed by atoms with Crippen LogP contribution in [0.2, 0.25) is 5.02 Å². The van der Waals surface area contributed by atoms with Gasteiger partial charge in [0.05, 0.1) is 10.7 Å². The van der Waals surface area contributed by atoms with E-state index < -0.39 is 5.54 Å². The van der Waals surface area contributed by atoms with Crippen molar-refractivity contribution in [1.29, 1.82) is 0 Å². The number of carbonyl (C=O) groups is 1. The maximum Gasteiger partial charge on any atom is 0.243 e. The van der Waals surface area contributed by atoms with Crippen LogP contribution in [0.3, 0.4) is 0 Å². The van der Waals surface area contributed by atoms with Gasteiger partial charge >= 0.3 is 0 Å². The number of nitrogens with two attached hydrogens (primary N) is 1. The molecule has 2 rings (SSSR count). The minimum absolute atomic E-state index is 0.0756. The van der Waals surface area contributed by atoms with Crippen LogP contribution in [0.15, 0.2) is 24.3 Å². The fourth-order valence-electron chi connectivity index (χ4n) is 2.54. The van der Waals surface area contributed by atoms with Gasteiger partial charge in [0.25, 0.3) is 0 Å². The molecule has 0 radical (unpaired) electrons. The molecule has 3 nitrogen and oxygen atoms in total. The second-order valence-electron chi connectivity index (χ2n) is 5.88. The standard InChI is InChI=1S/C14H19ClN2OS/c1-13(2)7-14(12(16)18,9-19-8-13)17-11-6-4-3-5-10(11)15/h3-6,17H,7-9H2,1-2H3,(H2,16,18). The van der Waals surface area contributed by atoms with Gasteiger partial charge in [0.1, 0.15) is 5.54 Å². The Morgan fingerprint density at radius 2 is 2.05 bits per heavy atom. The molecule has 0 bridgehead atoms. The molecule has 5 heteroatoms. The summed E-state index contributed by atoms with van der Waals surface area (Å²) in [6.45, 7) is 4.32. The minimum Gasteiger partial charge on any atom is -0.369 e. The van der Waals surface area contributed by atoms with Crippen LogP contribution in [0.1, 0.15) is 20.3 Å². The predicted molar refractivity (Wildman–Crippen MR) is 82.7 cm³/mol. The molecule has 1 unspecified atom stereocenters. The van der Waals surface area contributed by atoms with Crippen LogP contribution in [0.4, 0.5) is 5.69 Å². The largest absolute Gasteiger partial charge is 0.369 e. The summed E-state index contributed by atoms with van der Waals surface area (Å²) in [6, 6.07) is 7.44. The highest BCUT2D eigenvalue weighted by molar-refractivity contribution is 7.99. The number of primary amides is 1. The molecule has 1 amide bonds. The van der Waals surface area contributed by atoms with Crippen LogP contribution < -0.4 is 11.1 Å². The maximum absolute atomic E-state index is 12.0. The van der Waals surface area contributed by atoms with Crippen LogP contribution in [0.5, 0.6) is 0 Å². The number of para-hydroxylation sites is 1. The molecule has 1 heterocycles. The number of thioether (sulfide) groups is 1. The van der Waals surface area contributed by atoms with Crippen LogP contribution in [-0.2, 0) is 4.79 Å². The summed E-state index contributed by atoms with van der Waals surface area (Å²) in [4.78, 5) is 12.0. The average Bonchev–Trinajstić information content (AvgIpc) is 2.30. The topological polar surface area (TPSA) is 55.1 Å². The molecule has 104 valence electrons. The smallest absolute Gasteiger partial charge is 0.243 e. The lowest BCUT2D eigenvalue weighted by Crippen LogP contribution is -2.57. The van der Waals surface area contributed by atoms with E-state index in [2.05, 4.69) is 19.2 Å². The second kappa shape index (κ2) is 5.25. The summed E-state index contributed by atoms with van der Waals surface area (Å²) < 4.78 is 0. The first kappa shape index (κ1) is 14.5. The molecule has 1 saturated heterocycles. The Kier molecular flexibility index (Phi) is 4.02. The van der Waals surface area contributed by atoms with Crippen LogP contribution in [0.25, 0.3) is 0 Å². The molecule has 0 spiro atoms. The third-order valence-electron chi connectivity index (χ3n) is 3.34. The van der Waals surface area contributed by atoms with Crippen molar-refractivity contribution in [2.75, 3.05) is 16.8 Å². The molecule has 0 aliphatic carbocycles. The van der Waals surface area contributed by atoms with Crippen molar-refractivity contribution in [1.82, 2.24) is 0 Å². The minimum atomic E-state index is -0.725. The fraction of sp³-hybridized carbons (Fsp3) is 0.500. The second-order valence-corrected chi connectivity index (χ2v) is 7.28. The van der Waals surface area contributed by atoms with E-state index in [0.29, 0.717) is 17.2 Å². The van der Waals surface area contributed by atoms with Crippen molar-refractivity contribution in [2.24, 2.45) is 11.1 Å². The number of halogens is 1. The Morgan fingerprint density at radius 3 is 2.63 bits per heavy atom. The summed E-state index contributed by atoms with van der Waals surface area (Å²) in [7, 11) is 0. The van der Waals surface area contributed by atoms with Crippen molar-refractivity contribution in [3.8, 4) is 0 Å². The van der Waals surface area contributed by atoms with Crippen LogP contribution >= 0.6 is 23.4 Å². The van der Waals surface area contributed by atoms with Gasteiger partial charge in [-0.3, -0.25) is 4.79 Å².